The molecule has 0 bridgehead atoms. The third-order valence-corrected chi connectivity index (χ3v) is 5.04. The average molecular weight is 376 g/mol. The molecule has 0 unspecified atom stereocenters. The number of nitrogens with zero attached hydrogens (tertiary/aromatic N) is 2. The molecule has 1 heterocycles. The van der Waals surface area contributed by atoms with Gasteiger partial charge in [0.1, 0.15) is 5.82 Å². The summed E-state index contributed by atoms with van der Waals surface area (Å²) in [5, 5.41) is 3.01. The summed E-state index contributed by atoms with van der Waals surface area (Å²) in [6, 6.07) is 19.0. The van der Waals surface area contributed by atoms with Crippen LogP contribution in [-0.2, 0) is 17.8 Å². The van der Waals surface area contributed by atoms with Crippen LogP contribution in [-0.4, -0.2) is 29.7 Å². The van der Waals surface area contributed by atoms with E-state index in [0.29, 0.717) is 13.1 Å². The first-order valence-electron chi connectivity index (χ1n) is 9.10. The van der Waals surface area contributed by atoms with Gasteiger partial charge in [-0.3, -0.25) is 0 Å². The first-order chi connectivity index (χ1) is 13.6. The van der Waals surface area contributed by atoms with Crippen molar-refractivity contribution in [1.82, 2.24) is 9.47 Å². The molecular formula is C23H21FN2O2. The predicted molar refractivity (Wildman–Crippen MR) is 109 cm³/mol. The molecule has 4 rings (SSSR count). The Kier molecular flexibility index (Phi) is 4.74. The third kappa shape index (κ3) is 3.31. The molecule has 142 valence electrons. The Balaban J connectivity index is 1.76. The lowest BCUT2D eigenvalue weighted by atomic mass is 10.0. The van der Waals surface area contributed by atoms with Crippen molar-refractivity contribution in [2.75, 3.05) is 14.2 Å². The zero-order valence-electron chi connectivity index (χ0n) is 15.9. The number of hydrogen-bond acceptors (Lipinski definition) is 2. The second-order valence-electron chi connectivity index (χ2n) is 6.91. The van der Waals surface area contributed by atoms with Crippen molar-refractivity contribution in [2.24, 2.45) is 0 Å². The molecule has 4 aromatic rings. The number of hydrogen-bond donors (Lipinski definition) is 0. The maximum Gasteiger partial charge on any atom is 0.409 e. The fourth-order valence-electron chi connectivity index (χ4n) is 3.69. The number of ether oxygens (including phenoxy) is 1. The summed E-state index contributed by atoms with van der Waals surface area (Å²) in [5.41, 5.74) is 3.16. The van der Waals surface area contributed by atoms with Gasteiger partial charge in [-0.2, -0.15) is 0 Å². The predicted octanol–water partition coefficient (Wildman–Crippen LogP) is 5.18. The monoisotopic (exact) mass is 376 g/mol. The van der Waals surface area contributed by atoms with E-state index >= 15 is 0 Å². The van der Waals surface area contributed by atoms with Gasteiger partial charge >= 0.3 is 6.09 Å². The maximum atomic E-state index is 13.8. The van der Waals surface area contributed by atoms with Gasteiger partial charge < -0.3 is 14.2 Å². The van der Waals surface area contributed by atoms with Crippen molar-refractivity contribution in [3.05, 3.63) is 83.8 Å². The molecular weight excluding hydrogens is 355 g/mol. The Morgan fingerprint density at radius 2 is 1.86 bits per heavy atom. The topological polar surface area (TPSA) is 34.5 Å². The van der Waals surface area contributed by atoms with Crippen molar-refractivity contribution in [2.45, 2.75) is 13.1 Å². The highest BCUT2D eigenvalue weighted by Crippen LogP contribution is 2.26. The van der Waals surface area contributed by atoms with E-state index in [9.17, 15) is 9.18 Å². The van der Waals surface area contributed by atoms with Crippen LogP contribution in [0.5, 0.6) is 0 Å². The summed E-state index contributed by atoms with van der Waals surface area (Å²) in [7, 11) is 3.09. The number of carbonyl (C=O) groups is 1. The number of carbonyl (C=O) groups excluding carboxylic acids is 1. The number of benzene rings is 3. The summed E-state index contributed by atoms with van der Waals surface area (Å²) in [6.07, 6.45) is 1.68. The van der Waals surface area contributed by atoms with Crippen LogP contribution >= 0.6 is 0 Å². The highest BCUT2D eigenvalue weighted by atomic mass is 19.1. The molecule has 0 aliphatic heterocycles. The van der Waals surface area contributed by atoms with E-state index in [-0.39, 0.29) is 11.9 Å². The first kappa shape index (κ1) is 18.0. The largest absolute Gasteiger partial charge is 0.453 e. The Labute approximate surface area is 162 Å². The summed E-state index contributed by atoms with van der Waals surface area (Å²) >= 11 is 0. The Bertz CT molecular complexity index is 1170. The maximum absolute atomic E-state index is 13.8. The van der Waals surface area contributed by atoms with Crippen molar-refractivity contribution in [1.29, 1.82) is 0 Å². The van der Waals surface area contributed by atoms with Gasteiger partial charge in [0.2, 0.25) is 0 Å². The van der Waals surface area contributed by atoms with Crippen LogP contribution in [0.2, 0.25) is 0 Å². The molecule has 0 aliphatic carbocycles. The van der Waals surface area contributed by atoms with E-state index in [0.717, 1.165) is 32.8 Å². The molecule has 5 heteroatoms. The SMILES string of the molecule is COC(=O)N(C)Cc1cn(Cc2cccc3ccc(F)cc23)c2ccccc12. The van der Waals surface area contributed by atoms with Gasteiger partial charge in [-0.1, -0.05) is 42.5 Å². The molecule has 3 aromatic carbocycles. The second-order valence-corrected chi connectivity index (χ2v) is 6.91. The Morgan fingerprint density at radius 1 is 1.04 bits per heavy atom. The number of methoxy groups -OCH3 is 1. The molecule has 28 heavy (non-hydrogen) atoms. The summed E-state index contributed by atoms with van der Waals surface area (Å²) in [5.74, 6) is -0.238. The van der Waals surface area contributed by atoms with Gasteiger partial charge in [-0.25, -0.2) is 9.18 Å². The Morgan fingerprint density at radius 3 is 2.68 bits per heavy atom. The van der Waals surface area contributed by atoms with Crippen molar-refractivity contribution >= 4 is 27.8 Å². The van der Waals surface area contributed by atoms with Crippen LogP contribution in [0.15, 0.2) is 66.9 Å². The van der Waals surface area contributed by atoms with Crippen LogP contribution in [0.3, 0.4) is 0 Å². The molecule has 4 nitrogen and oxygen atoms in total. The van der Waals surface area contributed by atoms with E-state index < -0.39 is 0 Å². The number of fused-ring (bicyclic) bond motifs is 2. The van der Waals surface area contributed by atoms with Crippen LogP contribution < -0.4 is 0 Å². The van der Waals surface area contributed by atoms with Gasteiger partial charge in [0, 0.05) is 30.7 Å². The minimum atomic E-state index is -0.374. The highest BCUT2D eigenvalue weighted by molar-refractivity contribution is 5.87. The smallest absolute Gasteiger partial charge is 0.409 e. The lowest BCUT2D eigenvalue weighted by Crippen LogP contribution is -2.25. The summed E-state index contributed by atoms with van der Waals surface area (Å²) in [6.45, 7) is 1.06. The van der Waals surface area contributed by atoms with Crippen molar-refractivity contribution in [3.63, 3.8) is 0 Å². The van der Waals surface area contributed by atoms with Crippen LogP contribution in [0.4, 0.5) is 9.18 Å². The van der Waals surface area contributed by atoms with Gasteiger partial charge in [0.15, 0.2) is 0 Å². The second kappa shape index (κ2) is 7.35. The van der Waals surface area contributed by atoms with Crippen LogP contribution in [0, 0.1) is 5.82 Å². The van der Waals surface area contributed by atoms with Gasteiger partial charge in [0.25, 0.3) is 0 Å². The van der Waals surface area contributed by atoms with E-state index in [2.05, 4.69) is 22.9 Å². The standard InChI is InChI=1S/C23H21FN2O2/c1-25(23(27)28-2)13-18-15-26(22-9-4-3-8-20(18)22)14-17-7-5-6-16-10-11-19(24)12-21(16)17/h3-12,15H,13-14H2,1-2H3. The lowest BCUT2D eigenvalue weighted by molar-refractivity contribution is 0.131. The third-order valence-electron chi connectivity index (χ3n) is 5.04. The van der Waals surface area contributed by atoms with E-state index in [1.54, 1.807) is 24.1 Å². The number of para-hydroxylation sites is 1. The minimum Gasteiger partial charge on any atom is -0.453 e. The molecule has 0 atom stereocenters. The van der Waals surface area contributed by atoms with Gasteiger partial charge in [-0.15, -0.1) is 0 Å². The molecule has 0 aliphatic rings. The van der Waals surface area contributed by atoms with Crippen LogP contribution in [0.1, 0.15) is 11.1 Å². The van der Waals surface area contributed by atoms with Crippen molar-refractivity contribution < 1.29 is 13.9 Å². The summed E-state index contributed by atoms with van der Waals surface area (Å²) < 4.78 is 20.8. The van der Waals surface area contributed by atoms with E-state index in [4.69, 9.17) is 4.74 Å². The minimum absolute atomic E-state index is 0.238. The first-order valence-corrected chi connectivity index (χ1v) is 9.10. The molecule has 0 radical (unpaired) electrons. The number of halogens is 1. The van der Waals surface area contributed by atoms with E-state index in [1.165, 1.54) is 13.2 Å². The quantitative estimate of drug-likeness (QED) is 0.492. The normalized spacial score (nSPS) is 11.1. The molecule has 1 amide bonds. The fourth-order valence-corrected chi connectivity index (χ4v) is 3.69. The molecule has 1 aromatic heterocycles. The fraction of sp³-hybridized carbons (Fsp3) is 0.174. The number of amides is 1. The molecule has 0 fully saturated rings. The Hall–Kier alpha value is -3.34. The molecule has 0 spiro atoms. The molecule has 0 N–H and O–H groups in total. The highest BCUT2D eigenvalue weighted by Gasteiger charge is 2.14. The van der Waals surface area contributed by atoms with Gasteiger partial charge in [-0.05, 0) is 40.1 Å². The van der Waals surface area contributed by atoms with Crippen LogP contribution in [0.25, 0.3) is 21.7 Å². The average Bonchev–Trinajstić information content (AvgIpc) is 3.05. The number of aromatic nitrogens is 1. The zero-order chi connectivity index (χ0) is 19.7. The molecule has 0 saturated heterocycles. The molecule has 0 saturated carbocycles. The van der Waals surface area contributed by atoms with Gasteiger partial charge in [0.05, 0.1) is 13.7 Å². The van der Waals surface area contributed by atoms with E-state index in [1.807, 2.05) is 30.3 Å². The van der Waals surface area contributed by atoms with Crippen molar-refractivity contribution in [3.8, 4) is 0 Å². The number of rotatable bonds is 4. The zero-order valence-corrected chi connectivity index (χ0v) is 15.9. The lowest BCUT2D eigenvalue weighted by Gasteiger charge is -2.14. The summed E-state index contributed by atoms with van der Waals surface area (Å²) in [4.78, 5) is 13.3.